The van der Waals surface area contributed by atoms with E-state index in [4.69, 9.17) is 21.1 Å². The maximum Gasteiger partial charge on any atom is 0.308 e. The van der Waals surface area contributed by atoms with E-state index < -0.39 is 0 Å². The van der Waals surface area contributed by atoms with Gasteiger partial charge in [-0.05, 0) is 43.6 Å². The minimum atomic E-state index is -0.237. The SMILES string of the molecule is O=C(CCOC1CCNCC1)OCc1cccc(Cl)c1. The second kappa shape index (κ2) is 8.25. The summed E-state index contributed by atoms with van der Waals surface area (Å²) < 4.78 is 10.8. The first-order valence-corrected chi connectivity index (χ1v) is 7.34. The zero-order valence-electron chi connectivity index (χ0n) is 11.4. The fraction of sp³-hybridized carbons (Fsp3) is 0.533. The summed E-state index contributed by atoms with van der Waals surface area (Å²) in [5.41, 5.74) is 0.894. The summed E-state index contributed by atoms with van der Waals surface area (Å²) in [5.74, 6) is -0.237. The summed E-state index contributed by atoms with van der Waals surface area (Å²) in [7, 11) is 0. The molecule has 5 heteroatoms. The van der Waals surface area contributed by atoms with Gasteiger partial charge in [-0.1, -0.05) is 23.7 Å². The average Bonchev–Trinajstić information content (AvgIpc) is 2.46. The summed E-state index contributed by atoms with van der Waals surface area (Å²) in [6.45, 7) is 2.67. The van der Waals surface area contributed by atoms with E-state index in [0.29, 0.717) is 18.1 Å². The molecule has 1 fully saturated rings. The molecule has 0 saturated carbocycles. The molecule has 1 N–H and O–H groups in total. The first-order chi connectivity index (χ1) is 9.74. The molecule has 0 unspecified atom stereocenters. The van der Waals surface area contributed by atoms with Gasteiger partial charge in [0.05, 0.1) is 19.1 Å². The van der Waals surface area contributed by atoms with Gasteiger partial charge < -0.3 is 14.8 Å². The van der Waals surface area contributed by atoms with Gasteiger partial charge in [0, 0.05) is 5.02 Å². The molecule has 1 aromatic rings. The van der Waals surface area contributed by atoms with Crippen LogP contribution in [0.2, 0.25) is 5.02 Å². The smallest absolute Gasteiger partial charge is 0.308 e. The maximum atomic E-state index is 11.6. The lowest BCUT2D eigenvalue weighted by Crippen LogP contribution is -2.32. The molecule has 1 saturated heterocycles. The van der Waals surface area contributed by atoms with Crippen molar-refractivity contribution in [2.45, 2.75) is 32.0 Å². The van der Waals surface area contributed by atoms with Gasteiger partial charge in [-0.3, -0.25) is 4.79 Å². The van der Waals surface area contributed by atoms with Crippen molar-refractivity contribution in [1.29, 1.82) is 0 Å². The lowest BCUT2D eigenvalue weighted by molar-refractivity contribution is -0.146. The Morgan fingerprint density at radius 2 is 2.15 bits per heavy atom. The Hall–Kier alpha value is -1.10. The van der Waals surface area contributed by atoms with E-state index in [0.717, 1.165) is 31.5 Å². The molecular weight excluding hydrogens is 278 g/mol. The van der Waals surface area contributed by atoms with E-state index in [1.807, 2.05) is 12.1 Å². The summed E-state index contributed by atoms with van der Waals surface area (Å²) in [6, 6.07) is 7.30. The summed E-state index contributed by atoms with van der Waals surface area (Å²) in [6.07, 6.45) is 2.59. The minimum absolute atomic E-state index is 0.237. The third-order valence-electron chi connectivity index (χ3n) is 3.23. The highest BCUT2D eigenvalue weighted by atomic mass is 35.5. The number of esters is 1. The topological polar surface area (TPSA) is 47.6 Å². The molecule has 0 bridgehead atoms. The molecule has 1 aliphatic rings. The van der Waals surface area contributed by atoms with Crippen LogP contribution in [0.25, 0.3) is 0 Å². The van der Waals surface area contributed by atoms with E-state index in [-0.39, 0.29) is 18.7 Å². The number of nitrogens with one attached hydrogen (secondary N) is 1. The van der Waals surface area contributed by atoms with E-state index in [2.05, 4.69) is 5.32 Å². The lowest BCUT2D eigenvalue weighted by atomic mass is 10.1. The van der Waals surface area contributed by atoms with Gasteiger partial charge in [-0.2, -0.15) is 0 Å². The molecule has 0 aromatic heterocycles. The van der Waals surface area contributed by atoms with Crippen molar-refractivity contribution in [2.24, 2.45) is 0 Å². The van der Waals surface area contributed by atoms with Gasteiger partial charge in [-0.25, -0.2) is 0 Å². The Bertz CT molecular complexity index is 433. The fourth-order valence-corrected chi connectivity index (χ4v) is 2.35. The van der Waals surface area contributed by atoms with E-state index in [9.17, 15) is 4.79 Å². The minimum Gasteiger partial charge on any atom is -0.461 e. The van der Waals surface area contributed by atoms with Crippen LogP contribution in [0, 0.1) is 0 Å². The van der Waals surface area contributed by atoms with Crippen molar-refractivity contribution < 1.29 is 14.3 Å². The third-order valence-corrected chi connectivity index (χ3v) is 3.47. The quantitative estimate of drug-likeness (QED) is 0.820. The largest absolute Gasteiger partial charge is 0.461 e. The molecule has 0 atom stereocenters. The lowest BCUT2D eigenvalue weighted by Gasteiger charge is -2.22. The maximum absolute atomic E-state index is 11.6. The Morgan fingerprint density at radius 1 is 1.35 bits per heavy atom. The van der Waals surface area contributed by atoms with Crippen molar-refractivity contribution >= 4 is 17.6 Å². The number of piperidine rings is 1. The van der Waals surface area contributed by atoms with Crippen LogP contribution in [-0.2, 0) is 20.9 Å². The van der Waals surface area contributed by atoms with Gasteiger partial charge in [0.25, 0.3) is 0 Å². The zero-order chi connectivity index (χ0) is 14.2. The predicted molar refractivity (Wildman–Crippen MR) is 77.7 cm³/mol. The number of carbonyl (C=O) groups is 1. The molecular formula is C15H20ClNO3. The standard InChI is InChI=1S/C15H20ClNO3/c16-13-3-1-2-12(10-13)11-20-15(18)6-9-19-14-4-7-17-8-5-14/h1-3,10,14,17H,4-9,11H2. The van der Waals surface area contributed by atoms with Crippen molar-refractivity contribution in [3.05, 3.63) is 34.9 Å². The summed E-state index contributed by atoms with van der Waals surface area (Å²) in [4.78, 5) is 11.6. The van der Waals surface area contributed by atoms with Crippen LogP contribution < -0.4 is 5.32 Å². The Balaban J connectivity index is 1.60. The molecule has 4 nitrogen and oxygen atoms in total. The van der Waals surface area contributed by atoms with Crippen LogP contribution >= 0.6 is 11.6 Å². The van der Waals surface area contributed by atoms with Crippen molar-refractivity contribution in [1.82, 2.24) is 5.32 Å². The van der Waals surface area contributed by atoms with E-state index in [1.165, 1.54) is 0 Å². The number of ether oxygens (including phenoxy) is 2. The van der Waals surface area contributed by atoms with Gasteiger partial charge >= 0.3 is 5.97 Å². The summed E-state index contributed by atoms with van der Waals surface area (Å²) in [5, 5.41) is 3.92. The molecule has 2 rings (SSSR count). The number of hydrogen-bond donors (Lipinski definition) is 1. The molecule has 110 valence electrons. The predicted octanol–water partition coefficient (Wildman–Crippen LogP) is 2.54. The van der Waals surface area contributed by atoms with Gasteiger partial charge in [0.2, 0.25) is 0 Å². The van der Waals surface area contributed by atoms with Crippen molar-refractivity contribution in [3.63, 3.8) is 0 Å². The van der Waals surface area contributed by atoms with E-state index >= 15 is 0 Å². The van der Waals surface area contributed by atoms with Crippen LogP contribution in [0.3, 0.4) is 0 Å². The Morgan fingerprint density at radius 3 is 2.90 bits per heavy atom. The van der Waals surface area contributed by atoms with Crippen LogP contribution in [0.1, 0.15) is 24.8 Å². The van der Waals surface area contributed by atoms with Crippen LogP contribution in [-0.4, -0.2) is 31.8 Å². The first kappa shape index (κ1) is 15.3. The first-order valence-electron chi connectivity index (χ1n) is 6.96. The third kappa shape index (κ3) is 5.49. The monoisotopic (exact) mass is 297 g/mol. The molecule has 1 aliphatic heterocycles. The number of hydrogen-bond acceptors (Lipinski definition) is 4. The van der Waals surface area contributed by atoms with Crippen LogP contribution in [0.5, 0.6) is 0 Å². The number of rotatable bonds is 6. The molecule has 0 aliphatic carbocycles. The van der Waals surface area contributed by atoms with Gasteiger partial charge in [0.15, 0.2) is 0 Å². The average molecular weight is 298 g/mol. The number of halogens is 1. The number of carbonyl (C=O) groups excluding carboxylic acids is 1. The van der Waals surface area contributed by atoms with Gasteiger partial charge in [0.1, 0.15) is 6.61 Å². The number of benzene rings is 1. The van der Waals surface area contributed by atoms with Crippen molar-refractivity contribution in [2.75, 3.05) is 19.7 Å². The van der Waals surface area contributed by atoms with Gasteiger partial charge in [-0.15, -0.1) is 0 Å². The molecule has 0 spiro atoms. The fourth-order valence-electron chi connectivity index (χ4n) is 2.13. The Kier molecular flexibility index (Phi) is 6.30. The van der Waals surface area contributed by atoms with E-state index in [1.54, 1.807) is 12.1 Å². The summed E-state index contributed by atoms with van der Waals surface area (Å²) >= 11 is 5.86. The molecule has 1 heterocycles. The highest BCUT2D eigenvalue weighted by Crippen LogP contribution is 2.12. The Labute approximate surface area is 124 Å². The highest BCUT2D eigenvalue weighted by molar-refractivity contribution is 6.30. The van der Waals surface area contributed by atoms with Crippen LogP contribution in [0.4, 0.5) is 0 Å². The second-order valence-electron chi connectivity index (χ2n) is 4.86. The second-order valence-corrected chi connectivity index (χ2v) is 5.30. The molecule has 0 radical (unpaired) electrons. The molecule has 0 amide bonds. The zero-order valence-corrected chi connectivity index (χ0v) is 12.2. The van der Waals surface area contributed by atoms with Crippen LogP contribution in [0.15, 0.2) is 24.3 Å². The normalized spacial score (nSPS) is 16.1. The highest BCUT2D eigenvalue weighted by Gasteiger charge is 2.13. The molecule has 1 aromatic carbocycles. The molecule has 20 heavy (non-hydrogen) atoms. The van der Waals surface area contributed by atoms with Crippen molar-refractivity contribution in [3.8, 4) is 0 Å².